The molecule has 20 heavy (non-hydrogen) atoms. The first-order valence-electron chi connectivity index (χ1n) is 6.25. The normalized spacial score (nSPS) is 16.8. The van der Waals surface area contributed by atoms with E-state index in [0.717, 1.165) is 33.0 Å². The van der Waals surface area contributed by atoms with Crippen LogP contribution in [-0.2, 0) is 6.42 Å². The summed E-state index contributed by atoms with van der Waals surface area (Å²) in [7, 11) is 0. The number of nitrogen functional groups attached to an aromatic ring is 1. The molecule has 0 fully saturated rings. The van der Waals surface area contributed by atoms with Gasteiger partial charge in [0.25, 0.3) is 0 Å². The molecule has 0 amide bonds. The lowest BCUT2D eigenvalue weighted by atomic mass is 10.1. The van der Waals surface area contributed by atoms with Crippen molar-refractivity contribution in [1.82, 2.24) is 0 Å². The summed E-state index contributed by atoms with van der Waals surface area (Å²) in [4.78, 5) is 1.05. The standard InChI is InChI=1S/C15H13BrClNOS/c16-10-1-3-14-9(5-10)6-12(19-14)8-20-15-4-2-11(17)7-13(15)18/h1-5,7,12H,6,8,18H2. The maximum atomic E-state index is 5.96. The number of ether oxygens (including phenoxy) is 1. The van der Waals surface area contributed by atoms with E-state index in [4.69, 9.17) is 22.1 Å². The highest BCUT2D eigenvalue weighted by atomic mass is 79.9. The molecule has 2 aromatic carbocycles. The molecule has 0 saturated carbocycles. The molecule has 1 aliphatic heterocycles. The summed E-state index contributed by atoms with van der Waals surface area (Å²) in [5, 5.41) is 0.668. The van der Waals surface area contributed by atoms with Crippen molar-refractivity contribution >= 4 is 45.0 Å². The van der Waals surface area contributed by atoms with E-state index in [2.05, 4.69) is 22.0 Å². The van der Waals surface area contributed by atoms with Crippen molar-refractivity contribution in [2.45, 2.75) is 17.4 Å². The number of halogens is 2. The Morgan fingerprint density at radius 2 is 2.15 bits per heavy atom. The van der Waals surface area contributed by atoms with Crippen LogP contribution in [0, 0.1) is 0 Å². The molecule has 1 atom stereocenters. The Morgan fingerprint density at radius 1 is 1.30 bits per heavy atom. The summed E-state index contributed by atoms with van der Waals surface area (Å²) in [6, 6.07) is 11.7. The summed E-state index contributed by atoms with van der Waals surface area (Å²) in [6.45, 7) is 0. The van der Waals surface area contributed by atoms with E-state index in [-0.39, 0.29) is 6.10 Å². The molecule has 0 radical (unpaired) electrons. The molecule has 104 valence electrons. The van der Waals surface area contributed by atoms with Crippen molar-refractivity contribution in [2.24, 2.45) is 0 Å². The molecule has 0 bridgehead atoms. The second-order valence-corrected chi connectivity index (χ2v) is 7.10. The number of hydrogen-bond donors (Lipinski definition) is 1. The molecule has 1 unspecified atom stereocenters. The van der Waals surface area contributed by atoms with Gasteiger partial charge in [0.1, 0.15) is 11.9 Å². The van der Waals surface area contributed by atoms with Crippen LogP contribution >= 0.6 is 39.3 Å². The summed E-state index contributed by atoms with van der Waals surface area (Å²) >= 11 is 11.1. The van der Waals surface area contributed by atoms with Crippen LogP contribution in [0.15, 0.2) is 45.8 Å². The Kier molecular flexibility index (Phi) is 4.15. The van der Waals surface area contributed by atoms with Gasteiger partial charge in [-0.1, -0.05) is 27.5 Å². The van der Waals surface area contributed by atoms with Crippen LogP contribution in [0.5, 0.6) is 5.75 Å². The Hall–Kier alpha value is -0.840. The zero-order valence-corrected chi connectivity index (χ0v) is 13.8. The van der Waals surface area contributed by atoms with E-state index >= 15 is 0 Å². The van der Waals surface area contributed by atoms with E-state index in [1.54, 1.807) is 17.8 Å². The lowest BCUT2D eigenvalue weighted by molar-refractivity contribution is 0.259. The van der Waals surface area contributed by atoms with Crippen LogP contribution in [0.3, 0.4) is 0 Å². The minimum absolute atomic E-state index is 0.194. The van der Waals surface area contributed by atoms with E-state index in [9.17, 15) is 0 Å². The lowest BCUT2D eigenvalue weighted by Gasteiger charge is -2.11. The molecule has 2 nitrogen and oxygen atoms in total. The van der Waals surface area contributed by atoms with Crippen molar-refractivity contribution < 1.29 is 4.74 Å². The number of nitrogens with two attached hydrogens (primary N) is 1. The fourth-order valence-corrected chi connectivity index (χ4v) is 3.75. The number of fused-ring (bicyclic) bond motifs is 1. The predicted octanol–water partition coefficient (Wildman–Crippen LogP) is 4.78. The Morgan fingerprint density at radius 3 is 2.95 bits per heavy atom. The molecule has 5 heteroatoms. The van der Waals surface area contributed by atoms with Gasteiger partial charge in [0.05, 0.1) is 0 Å². The third-order valence-electron chi connectivity index (χ3n) is 3.16. The van der Waals surface area contributed by atoms with Crippen molar-refractivity contribution in [3.8, 4) is 5.75 Å². The molecule has 0 aliphatic carbocycles. The van der Waals surface area contributed by atoms with Crippen LogP contribution in [-0.4, -0.2) is 11.9 Å². The van der Waals surface area contributed by atoms with Gasteiger partial charge in [0.15, 0.2) is 0 Å². The third kappa shape index (κ3) is 3.08. The molecule has 0 saturated heterocycles. The van der Waals surface area contributed by atoms with Crippen molar-refractivity contribution in [3.63, 3.8) is 0 Å². The minimum Gasteiger partial charge on any atom is -0.489 e. The van der Waals surface area contributed by atoms with Crippen LogP contribution in [0.1, 0.15) is 5.56 Å². The van der Waals surface area contributed by atoms with Gasteiger partial charge < -0.3 is 10.5 Å². The molecular weight excluding hydrogens is 358 g/mol. The van der Waals surface area contributed by atoms with Gasteiger partial charge >= 0.3 is 0 Å². The number of rotatable bonds is 3. The zero-order chi connectivity index (χ0) is 14.1. The van der Waals surface area contributed by atoms with Gasteiger partial charge in [-0.3, -0.25) is 0 Å². The molecule has 1 heterocycles. The average molecular weight is 371 g/mol. The SMILES string of the molecule is Nc1cc(Cl)ccc1SCC1Cc2cc(Br)ccc2O1. The van der Waals surface area contributed by atoms with Crippen LogP contribution in [0.25, 0.3) is 0 Å². The van der Waals surface area contributed by atoms with Crippen molar-refractivity contribution in [1.29, 1.82) is 0 Å². The van der Waals surface area contributed by atoms with Crippen molar-refractivity contribution in [2.75, 3.05) is 11.5 Å². The first-order valence-corrected chi connectivity index (χ1v) is 8.40. The second-order valence-electron chi connectivity index (χ2n) is 4.69. The quantitative estimate of drug-likeness (QED) is 0.624. The first kappa shape index (κ1) is 14.1. The van der Waals surface area contributed by atoms with Gasteiger partial charge in [-0.2, -0.15) is 0 Å². The number of thioether (sulfide) groups is 1. The van der Waals surface area contributed by atoms with Crippen LogP contribution in [0.4, 0.5) is 5.69 Å². The fourth-order valence-electron chi connectivity index (χ4n) is 2.22. The highest BCUT2D eigenvalue weighted by molar-refractivity contribution is 9.10. The highest BCUT2D eigenvalue weighted by Gasteiger charge is 2.23. The minimum atomic E-state index is 0.194. The monoisotopic (exact) mass is 369 g/mol. The largest absolute Gasteiger partial charge is 0.489 e. The molecule has 0 spiro atoms. The molecule has 0 aromatic heterocycles. The lowest BCUT2D eigenvalue weighted by Crippen LogP contribution is -2.15. The number of anilines is 1. The molecule has 3 rings (SSSR count). The highest BCUT2D eigenvalue weighted by Crippen LogP contribution is 2.34. The molecule has 1 aliphatic rings. The van der Waals surface area contributed by atoms with Gasteiger partial charge in [0.2, 0.25) is 0 Å². The van der Waals surface area contributed by atoms with Gasteiger partial charge in [-0.05, 0) is 42.0 Å². The summed E-state index contributed by atoms with van der Waals surface area (Å²) in [5.74, 6) is 1.86. The fraction of sp³-hybridized carbons (Fsp3) is 0.200. The summed E-state index contributed by atoms with van der Waals surface area (Å²) in [6.07, 6.45) is 1.13. The Bertz CT molecular complexity index is 650. The Balaban J connectivity index is 1.63. The van der Waals surface area contributed by atoms with E-state index in [1.807, 2.05) is 24.3 Å². The van der Waals surface area contributed by atoms with Crippen molar-refractivity contribution in [3.05, 3.63) is 51.5 Å². The molecule has 2 N–H and O–H groups in total. The van der Waals surface area contributed by atoms with Gasteiger partial charge in [-0.15, -0.1) is 11.8 Å². The smallest absolute Gasteiger partial charge is 0.123 e. The third-order valence-corrected chi connectivity index (χ3v) is 5.11. The predicted molar refractivity (Wildman–Crippen MR) is 88.9 cm³/mol. The average Bonchev–Trinajstić information content (AvgIpc) is 2.79. The van der Waals surface area contributed by atoms with Gasteiger partial charge in [-0.25, -0.2) is 0 Å². The van der Waals surface area contributed by atoms with Crippen LogP contribution < -0.4 is 10.5 Å². The Labute approximate surface area is 135 Å². The second kappa shape index (κ2) is 5.88. The number of benzene rings is 2. The maximum Gasteiger partial charge on any atom is 0.123 e. The van der Waals surface area contributed by atoms with E-state index < -0.39 is 0 Å². The van der Waals surface area contributed by atoms with E-state index in [1.165, 1.54) is 5.56 Å². The number of hydrogen-bond acceptors (Lipinski definition) is 3. The topological polar surface area (TPSA) is 35.2 Å². The summed E-state index contributed by atoms with van der Waals surface area (Å²) in [5.41, 5.74) is 7.94. The molecular formula is C15H13BrClNOS. The molecule has 2 aromatic rings. The van der Waals surface area contributed by atoms with E-state index in [0.29, 0.717) is 5.02 Å². The maximum absolute atomic E-state index is 5.96. The van der Waals surface area contributed by atoms with Gasteiger partial charge in [0, 0.05) is 32.3 Å². The summed E-state index contributed by atoms with van der Waals surface area (Å²) < 4.78 is 7.03. The first-order chi connectivity index (χ1) is 9.61. The zero-order valence-electron chi connectivity index (χ0n) is 10.6. The van der Waals surface area contributed by atoms with Crippen LogP contribution in [0.2, 0.25) is 5.02 Å².